The Bertz CT molecular complexity index is 405. The van der Waals surface area contributed by atoms with E-state index in [4.69, 9.17) is 4.74 Å². The molecule has 5 heteroatoms. The third kappa shape index (κ3) is 2.91. The molecule has 1 N–H and O–H groups in total. The minimum absolute atomic E-state index is 0.471. The Morgan fingerprint density at radius 1 is 1.67 bits per heavy atom. The summed E-state index contributed by atoms with van der Waals surface area (Å²) in [6.45, 7) is 5.01. The molecule has 18 heavy (non-hydrogen) atoms. The molecule has 100 valence electrons. The topological polar surface area (TPSA) is 49.8 Å². The standard InChI is InChI=1S/C13H19NO3S/c1-2-17-8-3-6-14-7-4-11-10(5-9-18-11)12(14)13(15)16/h5,9,12H,2-4,6-8H2,1H3,(H,15,16). The van der Waals surface area contributed by atoms with Crippen LogP contribution < -0.4 is 0 Å². The number of thiophene rings is 1. The van der Waals surface area contributed by atoms with Gasteiger partial charge in [0.2, 0.25) is 0 Å². The van der Waals surface area contributed by atoms with Crippen molar-refractivity contribution in [3.63, 3.8) is 0 Å². The predicted octanol–water partition coefficient (Wildman–Crippen LogP) is 2.16. The highest BCUT2D eigenvalue weighted by Crippen LogP contribution is 2.33. The van der Waals surface area contributed by atoms with Crippen LogP contribution in [0.4, 0.5) is 0 Å². The second kappa shape index (κ2) is 6.31. The maximum atomic E-state index is 11.4. The summed E-state index contributed by atoms with van der Waals surface area (Å²) < 4.78 is 5.30. The molecule has 2 rings (SSSR count). The highest BCUT2D eigenvalue weighted by Gasteiger charge is 2.33. The van der Waals surface area contributed by atoms with Gasteiger partial charge in [0.05, 0.1) is 0 Å². The largest absolute Gasteiger partial charge is 0.480 e. The van der Waals surface area contributed by atoms with Crippen LogP contribution in [0.15, 0.2) is 11.4 Å². The van der Waals surface area contributed by atoms with Gasteiger partial charge in [-0.3, -0.25) is 9.69 Å². The quantitative estimate of drug-likeness (QED) is 0.804. The SMILES string of the molecule is CCOCCCN1CCc2sccc2C1C(=O)O. The van der Waals surface area contributed by atoms with E-state index in [2.05, 4.69) is 4.90 Å². The zero-order chi connectivity index (χ0) is 13.0. The van der Waals surface area contributed by atoms with Gasteiger partial charge in [-0.05, 0) is 36.8 Å². The molecule has 0 radical (unpaired) electrons. The Hall–Kier alpha value is -0.910. The number of hydrogen-bond acceptors (Lipinski definition) is 4. The van der Waals surface area contributed by atoms with Gasteiger partial charge in [-0.2, -0.15) is 0 Å². The second-order valence-electron chi connectivity index (χ2n) is 4.38. The van der Waals surface area contributed by atoms with Gasteiger partial charge in [0, 0.05) is 31.2 Å². The molecule has 0 spiro atoms. The van der Waals surface area contributed by atoms with Crippen LogP contribution >= 0.6 is 11.3 Å². The van der Waals surface area contributed by atoms with Gasteiger partial charge in [-0.1, -0.05) is 0 Å². The van der Waals surface area contributed by atoms with E-state index in [-0.39, 0.29) is 0 Å². The van der Waals surface area contributed by atoms with Crippen LogP contribution in [0.5, 0.6) is 0 Å². The summed E-state index contributed by atoms with van der Waals surface area (Å²) >= 11 is 1.67. The summed E-state index contributed by atoms with van der Waals surface area (Å²) in [5.74, 6) is -0.745. The van der Waals surface area contributed by atoms with Crippen LogP contribution in [-0.2, 0) is 16.0 Å². The van der Waals surface area contributed by atoms with Crippen molar-refractivity contribution in [3.8, 4) is 0 Å². The monoisotopic (exact) mass is 269 g/mol. The van der Waals surface area contributed by atoms with E-state index in [1.807, 2.05) is 18.4 Å². The van der Waals surface area contributed by atoms with Crippen molar-refractivity contribution in [2.24, 2.45) is 0 Å². The Balaban J connectivity index is 2.00. The Labute approximate surface area is 111 Å². The molecule has 1 aliphatic heterocycles. The molecule has 0 fully saturated rings. The summed E-state index contributed by atoms with van der Waals surface area (Å²) in [5, 5.41) is 11.4. The van der Waals surface area contributed by atoms with Crippen molar-refractivity contribution >= 4 is 17.3 Å². The number of aliphatic carboxylic acids is 1. The maximum absolute atomic E-state index is 11.4. The van der Waals surface area contributed by atoms with E-state index in [1.165, 1.54) is 4.88 Å². The fraction of sp³-hybridized carbons (Fsp3) is 0.615. The molecule has 1 aromatic rings. The summed E-state index contributed by atoms with van der Waals surface area (Å²) in [4.78, 5) is 14.7. The minimum atomic E-state index is -0.745. The lowest BCUT2D eigenvalue weighted by atomic mass is 10.00. The molecule has 0 bridgehead atoms. The van der Waals surface area contributed by atoms with Gasteiger partial charge in [0.1, 0.15) is 6.04 Å². The lowest BCUT2D eigenvalue weighted by Gasteiger charge is -2.33. The maximum Gasteiger partial charge on any atom is 0.325 e. The fourth-order valence-corrected chi connectivity index (χ4v) is 3.32. The zero-order valence-electron chi connectivity index (χ0n) is 10.6. The van der Waals surface area contributed by atoms with E-state index < -0.39 is 12.0 Å². The molecule has 0 amide bonds. The molecule has 1 aliphatic rings. The molecule has 4 nitrogen and oxygen atoms in total. The van der Waals surface area contributed by atoms with Crippen LogP contribution in [0, 0.1) is 0 Å². The molecule has 1 atom stereocenters. The van der Waals surface area contributed by atoms with Crippen molar-refractivity contribution < 1.29 is 14.6 Å². The molecular weight excluding hydrogens is 250 g/mol. The minimum Gasteiger partial charge on any atom is -0.480 e. The molecule has 0 saturated carbocycles. The molecule has 1 aromatic heterocycles. The van der Waals surface area contributed by atoms with Gasteiger partial charge in [-0.15, -0.1) is 11.3 Å². The highest BCUT2D eigenvalue weighted by atomic mass is 32.1. The Kier molecular flexibility index (Phi) is 4.74. The van der Waals surface area contributed by atoms with Gasteiger partial charge >= 0.3 is 5.97 Å². The molecule has 2 heterocycles. The highest BCUT2D eigenvalue weighted by molar-refractivity contribution is 7.10. The van der Waals surface area contributed by atoms with Crippen LogP contribution in [-0.4, -0.2) is 42.3 Å². The number of carboxylic acid groups (broad SMARTS) is 1. The molecule has 0 aromatic carbocycles. The summed E-state index contributed by atoms with van der Waals surface area (Å²) in [6.07, 6.45) is 1.85. The first-order valence-electron chi connectivity index (χ1n) is 6.35. The summed E-state index contributed by atoms with van der Waals surface area (Å²) in [6, 6.07) is 1.48. The third-order valence-corrected chi connectivity index (χ3v) is 4.23. The van der Waals surface area contributed by atoms with Crippen LogP contribution in [0.3, 0.4) is 0 Å². The van der Waals surface area contributed by atoms with Crippen LogP contribution in [0.2, 0.25) is 0 Å². The lowest BCUT2D eigenvalue weighted by molar-refractivity contribution is -0.144. The van der Waals surface area contributed by atoms with Crippen molar-refractivity contribution in [1.29, 1.82) is 0 Å². The van der Waals surface area contributed by atoms with Gasteiger partial charge in [0.15, 0.2) is 0 Å². The van der Waals surface area contributed by atoms with Crippen LogP contribution in [0.25, 0.3) is 0 Å². The first-order valence-corrected chi connectivity index (χ1v) is 7.23. The number of rotatable bonds is 6. The number of hydrogen-bond donors (Lipinski definition) is 1. The van der Waals surface area contributed by atoms with E-state index in [0.717, 1.165) is 38.1 Å². The average molecular weight is 269 g/mol. The van der Waals surface area contributed by atoms with E-state index in [1.54, 1.807) is 11.3 Å². The molecule has 0 aliphatic carbocycles. The van der Waals surface area contributed by atoms with Crippen molar-refractivity contribution in [2.45, 2.75) is 25.8 Å². The zero-order valence-corrected chi connectivity index (χ0v) is 11.4. The first kappa shape index (κ1) is 13.5. The third-order valence-electron chi connectivity index (χ3n) is 3.24. The van der Waals surface area contributed by atoms with E-state index in [0.29, 0.717) is 6.61 Å². The smallest absolute Gasteiger partial charge is 0.325 e. The lowest BCUT2D eigenvalue weighted by Crippen LogP contribution is -2.39. The number of carboxylic acids is 1. The number of nitrogens with zero attached hydrogens (tertiary/aromatic N) is 1. The number of fused-ring (bicyclic) bond motifs is 1. The van der Waals surface area contributed by atoms with Crippen molar-refractivity contribution in [2.75, 3.05) is 26.3 Å². The van der Waals surface area contributed by atoms with E-state index >= 15 is 0 Å². The molecule has 0 saturated heterocycles. The van der Waals surface area contributed by atoms with Gasteiger partial charge in [-0.25, -0.2) is 0 Å². The predicted molar refractivity (Wildman–Crippen MR) is 71.1 cm³/mol. The second-order valence-corrected chi connectivity index (χ2v) is 5.38. The van der Waals surface area contributed by atoms with Crippen molar-refractivity contribution in [1.82, 2.24) is 4.90 Å². The molecule has 1 unspecified atom stereocenters. The van der Waals surface area contributed by atoms with Crippen LogP contribution in [0.1, 0.15) is 29.8 Å². The van der Waals surface area contributed by atoms with Gasteiger partial charge in [0.25, 0.3) is 0 Å². The summed E-state index contributed by atoms with van der Waals surface area (Å²) in [5.41, 5.74) is 0.982. The Morgan fingerprint density at radius 3 is 3.22 bits per heavy atom. The molecular formula is C13H19NO3S. The average Bonchev–Trinajstić information content (AvgIpc) is 2.81. The fourth-order valence-electron chi connectivity index (χ4n) is 2.41. The summed E-state index contributed by atoms with van der Waals surface area (Å²) in [7, 11) is 0. The number of carbonyl (C=O) groups is 1. The Morgan fingerprint density at radius 2 is 2.50 bits per heavy atom. The first-order chi connectivity index (χ1) is 8.74. The number of ether oxygens (including phenoxy) is 1. The van der Waals surface area contributed by atoms with Gasteiger partial charge < -0.3 is 9.84 Å². The normalized spacial score (nSPS) is 19.7. The van der Waals surface area contributed by atoms with E-state index in [9.17, 15) is 9.90 Å². The van der Waals surface area contributed by atoms with Crippen molar-refractivity contribution in [3.05, 3.63) is 21.9 Å².